The Morgan fingerprint density at radius 2 is 1.92 bits per heavy atom. The van der Waals surface area contributed by atoms with Crippen molar-refractivity contribution in [3.8, 4) is 17.4 Å². The highest BCUT2D eigenvalue weighted by molar-refractivity contribution is 6.29. The first-order valence-electron chi connectivity index (χ1n) is 11.7. The Bertz CT molecular complexity index is 1340. The number of hydrogen-bond acceptors (Lipinski definition) is 7. The minimum atomic E-state index is -1.14. The van der Waals surface area contributed by atoms with Crippen LogP contribution in [0.1, 0.15) is 59.6 Å². The van der Waals surface area contributed by atoms with E-state index in [1.807, 2.05) is 32.9 Å². The fraction of sp³-hybridized carbons (Fsp3) is 0.333. The highest BCUT2D eigenvalue weighted by atomic mass is 35.5. The van der Waals surface area contributed by atoms with Crippen LogP contribution in [-0.4, -0.2) is 44.4 Å². The molecule has 1 atom stereocenters. The molecule has 194 valence electrons. The molecule has 10 heteroatoms. The van der Waals surface area contributed by atoms with Gasteiger partial charge in [0.2, 0.25) is 11.8 Å². The molecule has 0 saturated carbocycles. The molecule has 2 aromatic heterocycles. The number of nitrogens with one attached hydrogen (secondary N) is 1. The third kappa shape index (κ3) is 5.52. The van der Waals surface area contributed by atoms with Gasteiger partial charge in [0.05, 0.1) is 19.4 Å². The van der Waals surface area contributed by atoms with Crippen LogP contribution in [0.15, 0.2) is 42.6 Å². The smallest absolute Gasteiger partial charge is 0.260 e. The second-order valence-corrected chi connectivity index (χ2v) is 10.2. The van der Waals surface area contributed by atoms with Crippen LogP contribution in [0.4, 0.5) is 0 Å². The van der Waals surface area contributed by atoms with E-state index >= 15 is 0 Å². The molecule has 0 fully saturated rings. The summed E-state index contributed by atoms with van der Waals surface area (Å²) in [5, 5.41) is 13.4. The fourth-order valence-electron chi connectivity index (χ4n) is 4.18. The zero-order chi connectivity index (χ0) is 26.9. The molecule has 0 bridgehead atoms. The molecule has 1 unspecified atom stereocenters. The third-order valence-electron chi connectivity index (χ3n) is 5.86. The predicted octanol–water partition coefficient (Wildman–Crippen LogP) is 4.34. The van der Waals surface area contributed by atoms with Gasteiger partial charge in [0, 0.05) is 29.4 Å². The number of aryl methyl sites for hydroxylation is 1. The Hall–Kier alpha value is -3.69. The summed E-state index contributed by atoms with van der Waals surface area (Å²) in [5.41, 5.74) is 1.48. The molecule has 2 amide bonds. The molecule has 9 nitrogen and oxygen atoms in total. The van der Waals surface area contributed by atoms with Gasteiger partial charge >= 0.3 is 0 Å². The first-order valence-corrected chi connectivity index (χ1v) is 12.1. The average molecular weight is 525 g/mol. The molecule has 3 aromatic rings. The van der Waals surface area contributed by atoms with E-state index in [1.54, 1.807) is 26.2 Å². The van der Waals surface area contributed by atoms with Crippen molar-refractivity contribution in [1.82, 2.24) is 20.2 Å². The zero-order valence-electron chi connectivity index (χ0n) is 21.3. The minimum Gasteiger partial charge on any atom is -0.497 e. The van der Waals surface area contributed by atoms with Crippen molar-refractivity contribution in [2.45, 2.75) is 52.4 Å². The molecule has 1 aromatic carbocycles. The van der Waals surface area contributed by atoms with E-state index in [-0.39, 0.29) is 28.9 Å². The normalized spacial score (nSPS) is 15.2. The lowest BCUT2D eigenvalue weighted by atomic mass is 9.94. The third-order valence-corrected chi connectivity index (χ3v) is 6.07. The highest BCUT2D eigenvalue weighted by Gasteiger charge is 2.41. The number of halogens is 1. The quantitative estimate of drug-likeness (QED) is 0.477. The number of rotatable bonds is 5. The number of aliphatic hydroxyl groups excluding tert-OH is 1. The number of nitrogens with zero attached hydrogens (tertiary/aromatic N) is 3. The number of methoxy groups -OCH3 is 1. The van der Waals surface area contributed by atoms with Crippen LogP contribution < -0.4 is 14.8 Å². The Labute approximate surface area is 220 Å². The first-order chi connectivity index (χ1) is 17.5. The van der Waals surface area contributed by atoms with Gasteiger partial charge in [0.15, 0.2) is 5.75 Å². The highest BCUT2D eigenvalue weighted by Crippen LogP contribution is 2.42. The summed E-state index contributed by atoms with van der Waals surface area (Å²) in [6, 6.07) is 9.10. The number of carbonyl (C=O) groups excluding carboxylic acids is 2. The lowest BCUT2D eigenvalue weighted by Crippen LogP contribution is -2.49. The van der Waals surface area contributed by atoms with Gasteiger partial charge in [0.1, 0.15) is 22.5 Å². The Kier molecular flexibility index (Phi) is 7.38. The van der Waals surface area contributed by atoms with Gasteiger partial charge in [-0.2, -0.15) is 0 Å². The molecular weight excluding hydrogens is 496 g/mol. The minimum absolute atomic E-state index is 0.00634. The number of aromatic nitrogens is 2. The van der Waals surface area contributed by atoms with Gasteiger partial charge in [-0.05, 0) is 57.5 Å². The number of carbonyl (C=O) groups is 2. The van der Waals surface area contributed by atoms with Crippen LogP contribution in [0.3, 0.4) is 0 Å². The molecule has 2 N–H and O–H groups in total. The average Bonchev–Trinajstić information content (AvgIpc) is 2.84. The Morgan fingerprint density at radius 1 is 1.22 bits per heavy atom. The lowest BCUT2D eigenvalue weighted by molar-refractivity contribution is -0.127. The summed E-state index contributed by atoms with van der Waals surface area (Å²) in [6.07, 6.45) is 1.48. The second-order valence-electron chi connectivity index (χ2n) is 9.78. The van der Waals surface area contributed by atoms with Crippen molar-refractivity contribution in [2.75, 3.05) is 7.11 Å². The first kappa shape index (κ1) is 26.4. The van der Waals surface area contributed by atoms with Gasteiger partial charge in [-0.1, -0.05) is 23.7 Å². The van der Waals surface area contributed by atoms with E-state index in [4.69, 9.17) is 21.1 Å². The van der Waals surface area contributed by atoms with Gasteiger partial charge in [-0.25, -0.2) is 4.98 Å². The standard InChI is InChI=1S/C27H29ClN4O5/c1-15-23-21(17(14-33)12-29-15)22(24(34)31-27(2,3)4)32(13-16-6-8-18(36-5)9-7-16)26(35)19-10-11-20(28)30-25(19)37-23/h6-12,22,33H,13-14H2,1-5H3,(H,31,34). The molecule has 0 spiro atoms. The number of pyridine rings is 2. The van der Waals surface area contributed by atoms with E-state index in [0.29, 0.717) is 22.6 Å². The number of fused-ring (bicyclic) bond motifs is 2. The molecule has 3 heterocycles. The molecular formula is C27H29ClN4O5. The number of aliphatic hydroxyl groups is 1. The summed E-state index contributed by atoms with van der Waals surface area (Å²) in [7, 11) is 1.57. The van der Waals surface area contributed by atoms with Crippen LogP contribution in [0, 0.1) is 6.92 Å². The Balaban J connectivity index is 1.99. The van der Waals surface area contributed by atoms with Crippen molar-refractivity contribution in [3.63, 3.8) is 0 Å². The fourth-order valence-corrected chi connectivity index (χ4v) is 4.32. The van der Waals surface area contributed by atoms with Crippen LogP contribution in [0.5, 0.6) is 17.4 Å². The zero-order valence-corrected chi connectivity index (χ0v) is 22.1. The lowest BCUT2D eigenvalue weighted by Gasteiger charge is -2.37. The van der Waals surface area contributed by atoms with E-state index in [0.717, 1.165) is 5.56 Å². The molecule has 37 heavy (non-hydrogen) atoms. The molecule has 1 aliphatic heterocycles. The molecule has 0 saturated heterocycles. The van der Waals surface area contributed by atoms with Crippen LogP contribution in [-0.2, 0) is 17.9 Å². The van der Waals surface area contributed by atoms with Crippen LogP contribution in [0.25, 0.3) is 0 Å². The largest absolute Gasteiger partial charge is 0.497 e. The SMILES string of the molecule is COc1ccc(CN2C(=O)c3ccc(Cl)nc3Oc3c(C)ncc(CO)c3C2C(=O)NC(C)(C)C)cc1. The van der Waals surface area contributed by atoms with Gasteiger partial charge < -0.3 is 24.8 Å². The summed E-state index contributed by atoms with van der Waals surface area (Å²) in [6.45, 7) is 6.95. The predicted molar refractivity (Wildman–Crippen MR) is 138 cm³/mol. The van der Waals surface area contributed by atoms with Crippen molar-refractivity contribution in [1.29, 1.82) is 0 Å². The van der Waals surface area contributed by atoms with E-state index in [2.05, 4.69) is 15.3 Å². The summed E-state index contributed by atoms with van der Waals surface area (Å²) in [5.74, 6) is -0.00749. The van der Waals surface area contributed by atoms with Crippen molar-refractivity contribution in [3.05, 3.63) is 75.7 Å². The number of hydrogen-bond donors (Lipinski definition) is 2. The van der Waals surface area contributed by atoms with Gasteiger partial charge in [-0.15, -0.1) is 0 Å². The van der Waals surface area contributed by atoms with Crippen LogP contribution in [0.2, 0.25) is 5.15 Å². The maximum absolute atomic E-state index is 14.1. The van der Waals surface area contributed by atoms with E-state index in [9.17, 15) is 14.7 Å². The summed E-state index contributed by atoms with van der Waals surface area (Å²) < 4.78 is 11.4. The van der Waals surface area contributed by atoms with E-state index < -0.39 is 30.0 Å². The molecule has 4 rings (SSSR count). The molecule has 1 aliphatic rings. The Morgan fingerprint density at radius 3 is 2.54 bits per heavy atom. The summed E-state index contributed by atoms with van der Waals surface area (Å²) >= 11 is 6.14. The van der Waals surface area contributed by atoms with Crippen molar-refractivity contribution < 1.29 is 24.2 Å². The topological polar surface area (TPSA) is 114 Å². The van der Waals surface area contributed by atoms with Gasteiger partial charge in [0.25, 0.3) is 5.91 Å². The van der Waals surface area contributed by atoms with Crippen molar-refractivity contribution >= 4 is 23.4 Å². The maximum Gasteiger partial charge on any atom is 0.260 e. The monoisotopic (exact) mass is 524 g/mol. The second kappa shape index (κ2) is 10.4. The molecule has 0 aliphatic carbocycles. The van der Waals surface area contributed by atoms with Crippen molar-refractivity contribution in [2.24, 2.45) is 0 Å². The maximum atomic E-state index is 14.1. The number of ether oxygens (including phenoxy) is 2. The number of amides is 2. The van der Waals surface area contributed by atoms with Crippen LogP contribution >= 0.6 is 11.6 Å². The van der Waals surface area contributed by atoms with Gasteiger partial charge in [-0.3, -0.25) is 14.6 Å². The molecule has 0 radical (unpaired) electrons. The summed E-state index contributed by atoms with van der Waals surface area (Å²) in [4.78, 5) is 38.0. The number of benzene rings is 1. The van der Waals surface area contributed by atoms with E-state index in [1.165, 1.54) is 23.2 Å².